The second kappa shape index (κ2) is 4.18. The lowest BCUT2D eigenvalue weighted by molar-refractivity contribution is -0.117. The molecule has 0 fully saturated rings. The van der Waals surface area contributed by atoms with Gasteiger partial charge in [-0.3, -0.25) is 9.59 Å². The topological polar surface area (TPSA) is 86.6 Å². The fraction of sp³-hybridized carbons (Fsp3) is 0.167. The van der Waals surface area contributed by atoms with E-state index in [-0.39, 0.29) is 17.2 Å². The van der Waals surface area contributed by atoms with E-state index in [1.165, 1.54) is 6.92 Å². The zero-order chi connectivity index (χ0) is 12.4. The molecule has 1 N–H and O–H groups in total. The molecule has 0 saturated carbocycles. The van der Waals surface area contributed by atoms with Crippen LogP contribution in [-0.4, -0.2) is 15.8 Å². The number of benzene rings is 1. The summed E-state index contributed by atoms with van der Waals surface area (Å²) < 4.78 is 0. The summed E-state index contributed by atoms with van der Waals surface area (Å²) in [5.41, 5.74) is 0.139. The Morgan fingerprint density at radius 2 is 2.18 bits per heavy atom. The van der Waals surface area contributed by atoms with Gasteiger partial charge in [0.05, 0.1) is 17.0 Å². The highest BCUT2D eigenvalue weighted by atomic mass is 16.1. The number of carbonyl (C=O) groups is 1. The van der Waals surface area contributed by atoms with Gasteiger partial charge in [-0.1, -0.05) is 12.1 Å². The smallest absolute Gasteiger partial charge is 0.258 e. The van der Waals surface area contributed by atoms with Crippen LogP contribution in [0.4, 0.5) is 0 Å². The van der Waals surface area contributed by atoms with E-state index in [2.05, 4.69) is 9.97 Å². The van der Waals surface area contributed by atoms with Gasteiger partial charge in [0.25, 0.3) is 5.56 Å². The molecule has 0 spiro atoms. The van der Waals surface area contributed by atoms with Crippen molar-refractivity contribution in [2.75, 3.05) is 0 Å². The van der Waals surface area contributed by atoms with E-state index in [9.17, 15) is 9.59 Å². The summed E-state index contributed by atoms with van der Waals surface area (Å²) in [5.74, 6) is -1.26. The number of Topliss-reactive ketones (excluding diaryl/α,β-unsaturated/α-hetero) is 1. The third-order valence-electron chi connectivity index (χ3n) is 2.44. The molecule has 1 aromatic carbocycles. The van der Waals surface area contributed by atoms with Gasteiger partial charge in [-0.25, -0.2) is 4.98 Å². The summed E-state index contributed by atoms with van der Waals surface area (Å²) >= 11 is 0. The van der Waals surface area contributed by atoms with Crippen molar-refractivity contribution in [1.82, 2.24) is 9.97 Å². The van der Waals surface area contributed by atoms with Crippen LogP contribution in [0.2, 0.25) is 0 Å². The Morgan fingerprint density at radius 3 is 2.82 bits per heavy atom. The molecule has 0 amide bonds. The number of hydrogen-bond donors (Lipinski definition) is 1. The minimum absolute atomic E-state index is 0.101. The molecule has 1 unspecified atom stereocenters. The van der Waals surface area contributed by atoms with Crippen molar-refractivity contribution in [3.8, 4) is 6.07 Å². The number of aromatic nitrogens is 2. The number of carbonyl (C=O) groups excluding carboxylic acids is 1. The molecular formula is C12H9N3O2. The van der Waals surface area contributed by atoms with Crippen molar-refractivity contribution in [2.24, 2.45) is 0 Å². The maximum atomic E-state index is 11.7. The number of aromatic amines is 1. The van der Waals surface area contributed by atoms with Crippen LogP contribution in [0.1, 0.15) is 18.7 Å². The number of para-hydroxylation sites is 1. The number of hydrogen-bond acceptors (Lipinski definition) is 4. The number of ketones is 1. The van der Waals surface area contributed by atoms with Crippen LogP contribution in [-0.2, 0) is 4.79 Å². The van der Waals surface area contributed by atoms with Gasteiger partial charge in [0, 0.05) is 0 Å². The Hall–Kier alpha value is -2.48. The van der Waals surface area contributed by atoms with Crippen molar-refractivity contribution in [3.05, 3.63) is 40.4 Å². The molecule has 0 aliphatic carbocycles. The predicted molar refractivity (Wildman–Crippen MR) is 61.4 cm³/mol. The van der Waals surface area contributed by atoms with Crippen molar-refractivity contribution in [2.45, 2.75) is 12.8 Å². The molecule has 1 heterocycles. The third-order valence-corrected chi connectivity index (χ3v) is 2.44. The monoisotopic (exact) mass is 227 g/mol. The number of nitriles is 1. The second-order valence-corrected chi connectivity index (χ2v) is 3.64. The van der Waals surface area contributed by atoms with Gasteiger partial charge < -0.3 is 4.98 Å². The molecule has 0 bridgehead atoms. The summed E-state index contributed by atoms with van der Waals surface area (Å²) in [6, 6.07) is 8.61. The fourth-order valence-electron chi connectivity index (χ4n) is 1.59. The quantitative estimate of drug-likeness (QED) is 0.832. The molecule has 1 atom stereocenters. The third kappa shape index (κ3) is 1.93. The van der Waals surface area contributed by atoms with Crippen LogP contribution < -0.4 is 5.56 Å². The van der Waals surface area contributed by atoms with Crippen LogP contribution >= 0.6 is 0 Å². The largest absolute Gasteiger partial charge is 0.308 e. The molecule has 84 valence electrons. The first kappa shape index (κ1) is 11.0. The Labute approximate surface area is 96.7 Å². The second-order valence-electron chi connectivity index (χ2n) is 3.64. The molecular weight excluding hydrogens is 218 g/mol. The normalized spacial score (nSPS) is 12.0. The molecule has 0 aliphatic heterocycles. The Morgan fingerprint density at radius 1 is 1.47 bits per heavy atom. The first-order chi connectivity index (χ1) is 8.13. The minimum atomic E-state index is -1.02. The van der Waals surface area contributed by atoms with Crippen LogP contribution in [0.15, 0.2) is 29.1 Å². The lowest BCUT2D eigenvalue weighted by Gasteiger charge is -2.05. The number of H-pyrrole nitrogens is 1. The molecule has 0 aliphatic rings. The fourth-order valence-corrected chi connectivity index (χ4v) is 1.59. The van der Waals surface area contributed by atoms with E-state index in [0.717, 1.165) is 0 Å². The summed E-state index contributed by atoms with van der Waals surface area (Å²) in [7, 11) is 0. The Balaban J connectivity index is 2.70. The zero-order valence-electron chi connectivity index (χ0n) is 9.10. The zero-order valence-corrected chi connectivity index (χ0v) is 9.10. The van der Waals surface area contributed by atoms with Gasteiger partial charge in [0.1, 0.15) is 5.82 Å². The van der Waals surface area contributed by atoms with E-state index in [1.54, 1.807) is 24.3 Å². The SMILES string of the molecule is CC(=O)C(C#N)c1nc2ccccc2c(=O)[nH]1. The van der Waals surface area contributed by atoms with Crippen molar-refractivity contribution in [1.29, 1.82) is 5.26 Å². The molecule has 5 heteroatoms. The maximum absolute atomic E-state index is 11.7. The number of nitrogens with one attached hydrogen (secondary N) is 1. The highest BCUT2D eigenvalue weighted by Crippen LogP contribution is 2.13. The van der Waals surface area contributed by atoms with E-state index in [0.29, 0.717) is 10.9 Å². The summed E-state index contributed by atoms with van der Waals surface area (Å²) in [6.07, 6.45) is 0. The summed E-state index contributed by atoms with van der Waals surface area (Å²) in [4.78, 5) is 29.6. The highest BCUT2D eigenvalue weighted by molar-refractivity contribution is 5.86. The summed E-state index contributed by atoms with van der Waals surface area (Å²) in [5, 5.41) is 9.32. The molecule has 2 rings (SSSR count). The molecule has 17 heavy (non-hydrogen) atoms. The van der Waals surface area contributed by atoms with Gasteiger partial charge in [0.2, 0.25) is 0 Å². The lowest BCUT2D eigenvalue weighted by atomic mass is 10.1. The van der Waals surface area contributed by atoms with E-state index < -0.39 is 5.92 Å². The maximum Gasteiger partial charge on any atom is 0.258 e. The number of fused-ring (bicyclic) bond motifs is 1. The van der Waals surface area contributed by atoms with Crippen LogP contribution in [0, 0.1) is 11.3 Å². The van der Waals surface area contributed by atoms with Gasteiger partial charge >= 0.3 is 0 Å². The molecule has 0 radical (unpaired) electrons. The average molecular weight is 227 g/mol. The number of nitrogens with zero attached hydrogens (tertiary/aromatic N) is 2. The molecule has 2 aromatic rings. The van der Waals surface area contributed by atoms with Crippen LogP contribution in [0.25, 0.3) is 10.9 Å². The van der Waals surface area contributed by atoms with Gasteiger partial charge in [-0.15, -0.1) is 0 Å². The average Bonchev–Trinajstić information content (AvgIpc) is 2.29. The van der Waals surface area contributed by atoms with Gasteiger partial charge in [-0.05, 0) is 19.1 Å². The van der Waals surface area contributed by atoms with Crippen molar-refractivity contribution >= 4 is 16.7 Å². The van der Waals surface area contributed by atoms with E-state index in [4.69, 9.17) is 5.26 Å². The Bertz CT molecular complexity index is 682. The number of rotatable bonds is 2. The highest BCUT2D eigenvalue weighted by Gasteiger charge is 2.19. The first-order valence-corrected chi connectivity index (χ1v) is 5.02. The minimum Gasteiger partial charge on any atom is -0.308 e. The van der Waals surface area contributed by atoms with Gasteiger partial charge in [0.15, 0.2) is 11.7 Å². The molecule has 1 aromatic heterocycles. The lowest BCUT2D eigenvalue weighted by Crippen LogP contribution is -2.17. The molecule has 5 nitrogen and oxygen atoms in total. The van der Waals surface area contributed by atoms with Crippen LogP contribution in [0.3, 0.4) is 0 Å². The van der Waals surface area contributed by atoms with E-state index in [1.807, 2.05) is 6.07 Å². The summed E-state index contributed by atoms with van der Waals surface area (Å²) in [6.45, 7) is 1.29. The standard InChI is InChI=1S/C12H9N3O2/c1-7(16)9(6-13)11-14-10-5-3-2-4-8(10)12(17)15-11/h2-5,9H,1H3,(H,14,15,17). The van der Waals surface area contributed by atoms with Crippen LogP contribution in [0.5, 0.6) is 0 Å². The van der Waals surface area contributed by atoms with Crippen molar-refractivity contribution < 1.29 is 4.79 Å². The first-order valence-electron chi connectivity index (χ1n) is 5.02. The van der Waals surface area contributed by atoms with Crippen molar-refractivity contribution in [3.63, 3.8) is 0 Å². The Kier molecular flexibility index (Phi) is 2.71. The predicted octanol–water partition coefficient (Wildman–Crippen LogP) is 1.12. The van der Waals surface area contributed by atoms with E-state index >= 15 is 0 Å². The van der Waals surface area contributed by atoms with Gasteiger partial charge in [-0.2, -0.15) is 5.26 Å². The molecule has 0 saturated heterocycles.